The standard InChI is InChI=1S/C20H15N5O4S2/c1-12-2-4-13(5-3-12)16-10-30-19(21-16)22-17(26)11-31-20-24-23-18(29-20)14-6-8-15(9-7-14)25(27)28/h2-10H,11H2,1H3,(H,21,22,26). The molecule has 2 aromatic carbocycles. The number of carbonyl (C=O) groups is 1. The lowest BCUT2D eigenvalue weighted by molar-refractivity contribution is -0.384. The van der Waals surface area contributed by atoms with Crippen LogP contribution in [0.15, 0.2) is 63.6 Å². The highest BCUT2D eigenvalue weighted by molar-refractivity contribution is 7.99. The molecule has 0 bridgehead atoms. The van der Waals surface area contributed by atoms with Crippen molar-refractivity contribution < 1.29 is 14.1 Å². The maximum atomic E-state index is 12.2. The van der Waals surface area contributed by atoms with Crippen molar-refractivity contribution >= 4 is 39.8 Å². The van der Waals surface area contributed by atoms with Crippen molar-refractivity contribution in [3.8, 4) is 22.7 Å². The van der Waals surface area contributed by atoms with Crippen molar-refractivity contribution in [3.63, 3.8) is 0 Å². The lowest BCUT2D eigenvalue weighted by Gasteiger charge is -2.00. The van der Waals surface area contributed by atoms with Crippen molar-refractivity contribution in [2.45, 2.75) is 12.1 Å². The predicted octanol–water partition coefficient (Wildman–Crippen LogP) is 4.81. The van der Waals surface area contributed by atoms with E-state index in [1.54, 1.807) is 0 Å². The van der Waals surface area contributed by atoms with E-state index in [0.29, 0.717) is 10.7 Å². The Kier molecular flexibility index (Phi) is 6.05. The summed E-state index contributed by atoms with van der Waals surface area (Å²) in [7, 11) is 0. The van der Waals surface area contributed by atoms with Gasteiger partial charge in [0, 0.05) is 28.6 Å². The van der Waals surface area contributed by atoms with E-state index in [9.17, 15) is 14.9 Å². The molecule has 0 unspecified atom stereocenters. The van der Waals surface area contributed by atoms with Crippen molar-refractivity contribution in [2.24, 2.45) is 0 Å². The average Bonchev–Trinajstić information content (AvgIpc) is 3.43. The molecule has 0 fully saturated rings. The van der Waals surface area contributed by atoms with E-state index in [1.807, 2.05) is 36.6 Å². The zero-order valence-corrected chi connectivity index (χ0v) is 17.8. The molecule has 1 N–H and O–H groups in total. The molecule has 31 heavy (non-hydrogen) atoms. The number of hydrogen-bond acceptors (Lipinski definition) is 9. The Morgan fingerprint density at radius 2 is 1.84 bits per heavy atom. The van der Waals surface area contributed by atoms with Crippen LogP contribution in [0.3, 0.4) is 0 Å². The van der Waals surface area contributed by atoms with E-state index in [1.165, 1.54) is 41.2 Å². The fourth-order valence-electron chi connectivity index (χ4n) is 2.58. The summed E-state index contributed by atoms with van der Waals surface area (Å²) in [5.41, 5.74) is 3.49. The molecule has 9 nitrogen and oxygen atoms in total. The molecule has 0 saturated heterocycles. The van der Waals surface area contributed by atoms with Gasteiger partial charge >= 0.3 is 0 Å². The smallest absolute Gasteiger partial charge is 0.277 e. The Bertz CT molecular complexity index is 1220. The fourth-order valence-corrected chi connectivity index (χ4v) is 3.88. The Labute approximate surface area is 184 Å². The molecule has 2 heterocycles. The number of hydrogen-bond donors (Lipinski definition) is 1. The number of nitro benzene ring substituents is 1. The van der Waals surface area contributed by atoms with Crippen LogP contribution in [0.1, 0.15) is 5.56 Å². The molecule has 0 atom stereocenters. The lowest BCUT2D eigenvalue weighted by Crippen LogP contribution is -2.13. The summed E-state index contributed by atoms with van der Waals surface area (Å²) in [4.78, 5) is 26.9. The van der Waals surface area contributed by atoms with Gasteiger partial charge in [-0.3, -0.25) is 14.9 Å². The van der Waals surface area contributed by atoms with E-state index in [0.717, 1.165) is 23.0 Å². The molecule has 1 amide bonds. The van der Waals surface area contributed by atoms with Gasteiger partial charge in [0.1, 0.15) is 0 Å². The monoisotopic (exact) mass is 453 g/mol. The summed E-state index contributed by atoms with van der Waals surface area (Å²) >= 11 is 2.44. The Morgan fingerprint density at radius 1 is 1.13 bits per heavy atom. The molecule has 0 aliphatic heterocycles. The summed E-state index contributed by atoms with van der Waals surface area (Å²) in [6, 6.07) is 13.8. The van der Waals surface area contributed by atoms with Gasteiger partial charge in [-0.25, -0.2) is 4.98 Å². The topological polar surface area (TPSA) is 124 Å². The van der Waals surface area contributed by atoms with Crippen LogP contribution in [-0.4, -0.2) is 31.8 Å². The quantitative estimate of drug-likeness (QED) is 0.240. The SMILES string of the molecule is Cc1ccc(-c2csc(NC(=O)CSc3nnc(-c4ccc([N+](=O)[O-])cc4)o3)n2)cc1. The second-order valence-corrected chi connectivity index (χ2v) is 8.20. The molecule has 0 aliphatic carbocycles. The number of rotatable bonds is 7. The van der Waals surface area contributed by atoms with Crippen molar-refractivity contribution in [3.05, 3.63) is 69.6 Å². The molecular formula is C20H15N5O4S2. The van der Waals surface area contributed by atoms with Crippen LogP contribution >= 0.6 is 23.1 Å². The molecule has 4 rings (SSSR count). The summed E-state index contributed by atoms with van der Waals surface area (Å²) in [5.74, 6) is 0.0480. The van der Waals surface area contributed by atoms with Crippen molar-refractivity contribution in [2.75, 3.05) is 11.1 Å². The maximum absolute atomic E-state index is 12.2. The molecule has 4 aromatic rings. The number of nitrogens with one attached hydrogen (secondary N) is 1. The zero-order chi connectivity index (χ0) is 21.8. The second kappa shape index (κ2) is 9.06. The summed E-state index contributed by atoms with van der Waals surface area (Å²) in [6.07, 6.45) is 0. The number of non-ortho nitro benzene ring substituents is 1. The summed E-state index contributed by atoms with van der Waals surface area (Å²) in [5, 5.41) is 23.9. The van der Waals surface area contributed by atoms with Gasteiger partial charge in [0.25, 0.3) is 10.9 Å². The Hall–Kier alpha value is -3.57. The van der Waals surface area contributed by atoms with Crippen molar-refractivity contribution in [1.82, 2.24) is 15.2 Å². The minimum atomic E-state index is -0.482. The summed E-state index contributed by atoms with van der Waals surface area (Å²) < 4.78 is 5.52. The number of carbonyl (C=O) groups excluding carboxylic acids is 1. The van der Waals surface area contributed by atoms with Crippen molar-refractivity contribution in [1.29, 1.82) is 0 Å². The fraction of sp³-hybridized carbons (Fsp3) is 0.100. The zero-order valence-electron chi connectivity index (χ0n) is 16.1. The minimum Gasteiger partial charge on any atom is -0.411 e. The number of thioether (sulfide) groups is 1. The number of nitrogens with zero attached hydrogens (tertiary/aromatic N) is 4. The second-order valence-electron chi connectivity index (χ2n) is 6.42. The Balaban J connectivity index is 1.32. The molecule has 11 heteroatoms. The third-order valence-corrected chi connectivity index (χ3v) is 5.73. The third-order valence-electron chi connectivity index (χ3n) is 4.16. The van der Waals surface area contributed by atoms with Crippen LogP contribution < -0.4 is 5.32 Å². The lowest BCUT2D eigenvalue weighted by atomic mass is 10.1. The van der Waals surface area contributed by atoms with Crippen LogP contribution in [0.25, 0.3) is 22.7 Å². The van der Waals surface area contributed by atoms with Crippen LogP contribution in [-0.2, 0) is 4.79 Å². The van der Waals surface area contributed by atoms with Crippen LogP contribution in [0, 0.1) is 17.0 Å². The predicted molar refractivity (Wildman–Crippen MR) is 118 cm³/mol. The highest BCUT2D eigenvalue weighted by Crippen LogP contribution is 2.27. The van der Waals surface area contributed by atoms with E-state index in [4.69, 9.17) is 4.42 Å². The van der Waals surface area contributed by atoms with Crippen LogP contribution in [0.5, 0.6) is 0 Å². The normalized spacial score (nSPS) is 10.7. The van der Waals surface area contributed by atoms with Gasteiger partial charge in [0.15, 0.2) is 5.13 Å². The molecule has 0 saturated carbocycles. The first-order chi connectivity index (χ1) is 15.0. The van der Waals surface area contributed by atoms with Gasteiger partial charge in [-0.05, 0) is 19.1 Å². The Morgan fingerprint density at radius 3 is 2.55 bits per heavy atom. The molecule has 0 radical (unpaired) electrons. The van der Waals surface area contributed by atoms with Crippen LogP contribution in [0.4, 0.5) is 10.8 Å². The maximum Gasteiger partial charge on any atom is 0.277 e. The first-order valence-corrected chi connectivity index (χ1v) is 10.9. The van der Waals surface area contributed by atoms with E-state index >= 15 is 0 Å². The highest BCUT2D eigenvalue weighted by Gasteiger charge is 2.14. The van der Waals surface area contributed by atoms with E-state index < -0.39 is 4.92 Å². The van der Waals surface area contributed by atoms with Gasteiger partial charge in [0.05, 0.1) is 16.4 Å². The number of anilines is 1. The van der Waals surface area contributed by atoms with Gasteiger partial charge in [-0.2, -0.15) is 0 Å². The van der Waals surface area contributed by atoms with Crippen LogP contribution in [0.2, 0.25) is 0 Å². The molecule has 0 spiro atoms. The number of aryl methyl sites for hydroxylation is 1. The van der Waals surface area contributed by atoms with Gasteiger partial charge in [-0.1, -0.05) is 41.6 Å². The highest BCUT2D eigenvalue weighted by atomic mass is 32.2. The number of amides is 1. The van der Waals surface area contributed by atoms with Gasteiger partial charge < -0.3 is 9.73 Å². The number of thiazole rings is 1. The summed E-state index contributed by atoms with van der Waals surface area (Å²) in [6.45, 7) is 2.02. The number of aromatic nitrogens is 3. The van der Waals surface area contributed by atoms with E-state index in [-0.39, 0.29) is 28.5 Å². The molecule has 0 aliphatic rings. The first-order valence-electron chi connectivity index (χ1n) is 9.01. The third kappa shape index (κ3) is 5.13. The largest absolute Gasteiger partial charge is 0.411 e. The molecular weight excluding hydrogens is 438 g/mol. The number of nitro groups is 1. The van der Waals surface area contributed by atoms with E-state index in [2.05, 4.69) is 20.5 Å². The van der Waals surface area contributed by atoms with Gasteiger partial charge in [-0.15, -0.1) is 21.5 Å². The van der Waals surface area contributed by atoms with Gasteiger partial charge in [0.2, 0.25) is 11.8 Å². The molecule has 2 aromatic heterocycles. The minimum absolute atomic E-state index is 0.0257. The first kappa shape index (κ1) is 20.7. The average molecular weight is 454 g/mol. The number of benzene rings is 2. The molecule has 156 valence electrons.